The molecular formula is C25H22N4O2S. The SMILES string of the molecule is CCOC(=O)C1=NN(c2ccccc2)C2(S1)c1ccccc1C(C)=NN2c1ccccc1. The van der Waals surface area contributed by atoms with Crippen molar-refractivity contribution in [3.63, 3.8) is 0 Å². The first-order chi connectivity index (χ1) is 15.6. The third-order valence-corrected chi connectivity index (χ3v) is 6.67. The first-order valence-corrected chi connectivity index (χ1v) is 11.3. The second kappa shape index (κ2) is 8.16. The van der Waals surface area contributed by atoms with Gasteiger partial charge in [0.15, 0.2) is 0 Å². The van der Waals surface area contributed by atoms with Gasteiger partial charge in [0.25, 0.3) is 0 Å². The number of hydrazone groups is 2. The van der Waals surface area contributed by atoms with Crippen LogP contribution in [0.1, 0.15) is 25.0 Å². The Morgan fingerprint density at radius 1 is 0.875 bits per heavy atom. The van der Waals surface area contributed by atoms with E-state index in [1.807, 2.05) is 89.7 Å². The van der Waals surface area contributed by atoms with E-state index in [-0.39, 0.29) is 6.61 Å². The molecule has 2 heterocycles. The molecule has 1 spiro atoms. The number of ether oxygens (including phenoxy) is 1. The Kier molecular flexibility index (Phi) is 5.19. The van der Waals surface area contributed by atoms with Crippen molar-refractivity contribution < 1.29 is 9.53 Å². The third-order valence-electron chi connectivity index (χ3n) is 5.37. The van der Waals surface area contributed by atoms with Crippen molar-refractivity contribution in [3.8, 4) is 0 Å². The Morgan fingerprint density at radius 2 is 1.44 bits per heavy atom. The van der Waals surface area contributed by atoms with Crippen molar-refractivity contribution in [1.29, 1.82) is 0 Å². The number of hydrogen-bond donors (Lipinski definition) is 0. The van der Waals surface area contributed by atoms with Crippen molar-refractivity contribution in [2.24, 2.45) is 10.2 Å². The lowest BCUT2D eigenvalue weighted by atomic mass is 9.98. The summed E-state index contributed by atoms with van der Waals surface area (Å²) in [7, 11) is 0. The Balaban J connectivity index is 1.78. The molecule has 0 N–H and O–H groups in total. The third kappa shape index (κ3) is 3.17. The molecule has 2 aliphatic heterocycles. The number of benzene rings is 3. The van der Waals surface area contributed by atoms with Gasteiger partial charge in [-0.15, -0.1) is 0 Å². The molecule has 7 heteroatoms. The first kappa shape index (κ1) is 20.3. The van der Waals surface area contributed by atoms with Crippen LogP contribution in [0.3, 0.4) is 0 Å². The van der Waals surface area contributed by atoms with Crippen LogP contribution in [-0.2, 0) is 14.5 Å². The summed E-state index contributed by atoms with van der Waals surface area (Å²) in [6, 6.07) is 28.0. The minimum Gasteiger partial charge on any atom is -0.461 e. The number of fused-ring (bicyclic) bond motifs is 2. The summed E-state index contributed by atoms with van der Waals surface area (Å²) in [5.74, 6) is -0.438. The Bertz CT molecular complexity index is 1210. The van der Waals surface area contributed by atoms with Gasteiger partial charge in [0, 0.05) is 11.1 Å². The van der Waals surface area contributed by atoms with Gasteiger partial charge in [-0.3, -0.25) is 0 Å². The van der Waals surface area contributed by atoms with Crippen LogP contribution >= 0.6 is 11.8 Å². The Hall–Kier alpha value is -3.58. The fourth-order valence-electron chi connectivity index (χ4n) is 4.01. The van der Waals surface area contributed by atoms with Crippen LogP contribution in [0.2, 0.25) is 0 Å². The lowest BCUT2D eigenvalue weighted by molar-refractivity contribution is -0.134. The Labute approximate surface area is 191 Å². The van der Waals surface area contributed by atoms with E-state index in [1.165, 1.54) is 11.8 Å². The van der Waals surface area contributed by atoms with Gasteiger partial charge >= 0.3 is 5.97 Å². The quantitative estimate of drug-likeness (QED) is 0.522. The average Bonchev–Trinajstić information content (AvgIpc) is 3.24. The molecule has 3 aromatic carbocycles. The maximum Gasteiger partial charge on any atom is 0.365 e. The molecule has 0 aliphatic carbocycles. The van der Waals surface area contributed by atoms with E-state index in [4.69, 9.17) is 14.9 Å². The number of esters is 1. The van der Waals surface area contributed by atoms with Crippen molar-refractivity contribution >= 4 is 39.9 Å². The molecule has 0 bridgehead atoms. The topological polar surface area (TPSA) is 57.5 Å². The van der Waals surface area contributed by atoms with Gasteiger partial charge in [0.2, 0.25) is 10.0 Å². The lowest BCUT2D eigenvalue weighted by Gasteiger charge is -2.46. The molecule has 0 saturated carbocycles. The second-order valence-corrected chi connectivity index (χ2v) is 8.52. The Morgan fingerprint density at radius 3 is 2.06 bits per heavy atom. The summed E-state index contributed by atoms with van der Waals surface area (Å²) >= 11 is 1.35. The molecule has 0 aromatic heterocycles. The summed E-state index contributed by atoms with van der Waals surface area (Å²) in [5, 5.41) is 13.9. The van der Waals surface area contributed by atoms with Gasteiger partial charge in [-0.1, -0.05) is 60.7 Å². The largest absolute Gasteiger partial charge is 0.461 e. The van der Waals surface area contributed by atoms with Crippen LogP contribution in [0.5, 0.6) is 0 Å². The van der Waals surface area contributed by atoms with Crippen molar-refractivity contribution in [1.82, 2.24) is 0 Å². The molecule has 5 rings (SSSR count). The molecular weight excluding hydrogens is 420 g/mol. The normalized spacial score (nSPS) is 19.4. The zero-order valence-corrected chi connectivity index (χ0v) is 18.6. The molecule has 1 unspecified atom stereocenters. The highest BCUT2D eigenvalue weighted by Crippen LogP contribution is 2.54. The van der Waals surface area contributed by atoms with Gasteiger partial charge in [-0.05, 0) is 49.9 Å². The van der Waals surface area contributed by atoms with Gasteiger partial charge in [-0.2, -0.15) is 10.2 Å². The lowest BCUT2D eigenvalue weighted by Crippen LogP contribution is -2.53. The molecule has 160 valence electrons. The van der Waals surface area contributed by atoms with Crippen LogP contribution in [-0.4, -0.2) is 23.3 Å². The number of carbonyl (C=O) groups excluding carboxylic acids is 1. The summed E-state index contributed by atoms with van der Waals surface area (Å²) in [6.07, 6.45) is 0. The highest BCUT2D eigenvalue weighted by atomic mass is 32.2. The summed E-state index contributed by atoms with van der Waals surface area (Å²) < 4.78 is 5.32. The zero-order chi connectivity index (χ0) is 22.1. The highest BCUT2D eigenvalue weighted by molar-refractivity contribution is 8.16. The number of hydrogen-bond acceptors (Lipinski definition) is 7. The second-order valence-electron chi connectivity index (χ2n) is 7.36. The molecule has 0 amide bonds. The molecule has 6 nitrogen and oxygen atoms in total. The van der Waals surface area contributed by atoms with E-state index in [1.54, 1.807) is 6.92 Å². The molecule has 32 heavy (non-hydrogen) atoms. The summed E-state index contributed by atoms with van der Waals surface area (Å²) in [5.41, 5.74) is 4.68. The van der Waals surface area contributed by atoms with E-state index in [0.717, 1.165) is 28.2 Å². The number of para-hydroxylation sites is 2. The number of thioether (sulfide) groups is 1. The summed E-state index contributed by atoms with van der Waals surface area (Å²) in [4.78, 5) is 11.9. The standard InChI is InChI=1S/C25H22N4O2S/c1-3-31-24(30)23-27-29(20-14-8-5-9-15-20)25(32-23)22-17-11-10-16-21(22)18(2)26-28(25)19-12-6-4-7-13-19/h4-17H,3H2,1-2H3. The van der Waals surface area contributed by atoms with E-state index >= 15 is 0 Å². The number of carbonyl (C=O) groups is 1. The number of nitrogens with zero attached hydrogens (tertiary/aromatic N) is 4. The number of anilines is 2. The van der Waals surface area contributed by atoms with Gasteiger partial charge in [0.05, 0.1) is 23.7 Å². The minimum atomic E-state index is -0.930. The fourth-order valence-corrected chi connectivity index (χ4v) is 5.29. The minimum absolute atomic E-state index is 0.285. The van der Waals surface area contributed by atoms with Crippen LogP contribution in [0.15, 0.2) is 95.1 Å². The van der Waals surface area contributed by atoms with Crippen LogP contribution in [0, 0.1) is 0 Å². The van der Waals surface area contributed by atoms with Crippen LogP contribution in [0.25, 0.3) is 0 Å². The monoisotopic (exact) mass is 442 g/mol. The highest BCUT2D eigenvalue weighted by Gasteiger charge is 2.56. The van der Waals surface area contributed by atoms with Crippen molar-refractivity contribution in [3.05, 3.63) is 96.1 Å². The fraction of sp³-hybridized carbons (Fsp3) is 0.160. The van der Waals surface area contributed by atoms with Gasteiger partial charge in [-0.25, -0.2) is 14.8 Å². The van der Waals surface area contributed by atoms with E-state index < -0.39 is 11.0 Å². The van der Waals surface area contributed by atoms with Gasteiger partial charge < -0.3 is 4.74 Å². The first-order valence-electron chi connectivity index (χ1n) is 10.5. The summed E-state index contributed by atoms with van der Waals surface area (Å²) in [6.45, 7) is 4.08. The van der Waals surface area contributed by atoms with E-state index in [2.05, 4.69) is 12.1 Å². The van der Waals surface area contributed by atoms with E-state index in [9.17, 15) is 4.79 Å². The predicted molar refractivity (Wildman–Crippen MR) is 130 cm³/mol. The molecule has 0 fully saturated rings. The molecule has 1 atom stereocenters. The zero-order valence-electron chi connectivity index (χ0n) is 17.8. The molecule has 3 aromatic rings. The maximum atomic E-state index is 12.8. The predicted octanol–water partition coefficient (Wildman–Crippen LogP) is 5.17. The van der Waals surface area contributed by atoms with Crippen molar-refractivity contribution in [2.75, 3.05) is 16.6 Å². The molecule has 2 aliphatic rings. The molecule has 0 radical (unpaired) electrons. The van der Waals surface area contributed by atoms with E-state index in [0.29, 0.717) is 5.04 Å². The number of rotatable bonds is 4. The van der Waals surface area contributed by atoms with Crippen molar-refractivity contribution in [2.45, 2.75) is 18.8 Å². The van der Waals surface area contributed by atoms with Gasteiger partial charge in [0.1, 0.15) is 0 Å². The maximum absolute atomic E-state index is 12.8. The molecule has 0 saturated heterocycles. The average molecular weight is 443 g/mol. The smallest absolute Gasteiger partial charge is 0.365 e. The van der Waals surface area contributed by atoms with Crippen LogP contribution in [0.4, 0.5) is 11.4 Å². The van der Waals surface area contributed by atoms with Crippen LogP contribution < -0.4 is 10.0 Å².